The van der Waals surface area contributed by atoms with E-state index in [9.17, 15) is 61.2 Å². The van der Waals surface area contributed by atoms with Crippen LogP contribution in [0.4, 0.5) is 21.0 Å². The Labute approximate surface area is 472 Å². The Morgan fingerprint density at radius 3 is 1.46 bits per heavy atom. The van der Waals surface area contributed by atoms with Gasteiger partial charge in [0.05, 0.1) is 70.9 Å². The van der Waals surface area contributed by atoms with Gasteiger partial charge in [-0.25, -0.2) is 26.4 Å². The lowest BCUT2D eigenvalue weighted by atomic mass is 10.0. The van der Waals surface area contributed by atoms with E-state index in [4.69, 9.17) is 28.0 Å². The molecular formula is C53H72N6O19PS2-. The minimum atomic E-state index is -4.99. The van der Waals surface area contributed by atoms with Crippen LogP contribution >= 0.6 is 7.82 Å². The van der Waals surface area contributed by atoms with Gasteiger partial charge in [0.15, 0.2) is 0 Å². The molecule has 3 N–H and O–H groups in total. The molecule has 446 valence electrons. The van der Waals surface area contributed by atoms with Crippen LogP contribution in [0.5, 0.6) is 0 Å². The maximum atomic E-state index is 13.9. The molecule has 81 heavy (non-hydrogen) atoms. The van der Waals surface area contributed by atoms with Crippen molar-refractivity contribution >= 4 is 51.4 Å². The number of nitrogens with zero attached hydrogens (tertiary/aromatic N) is 4. The summed E-state index contributed by atoms with van der Waals surface area (Å²) in [6.45, 7) is 9.44. The SMILES string of the molecule is CC(C)CN(C[C@@H](O)[C@H](Cc1ccccc1)NC(=O)O[C@H]1CCOC1)S(=O)(=O)c1ccc([N+](=O)[O-])cc1.CCCOP(=O)([O-])O[C@H](CN(CC(C)C)S(=O)(=O)c1ccc([N+](=O)[O-])cc1)[C@H](Cc1ccccc1)NC(=O)O[C@H]1CCOC1. The monoisotopic (exact) mass is 1190 g/mol. The number of alkyl carbamates (subject to hydrolysis) is 2. The molecule has 0 aliphatic carbocycles. The van der Waals surface area contributed by atoms with E-state index in [0.717, 1.165) is 50.6 Å². The fourth-order valence-electron chi connectivity index (χ4n) is 8.48. The summed E-state index contributed by atoms with van der Waals surface area (Å²) in [4.78, 5) is 59.0. The number of amides is 2. The number of carbonyl (C=O) groups excluding carboxylic acids is 2. The number of nitro benzene ring substituents is 2. The van der Waals surface area contributed by atoms with E-state index >= 15 is 0 Å². The molecule has 28 heteroatoms. The predicted molar refractivity (Wildman–Crippen MR) is 294 cm³/mol. The van der Waals surface area contributed by atoms with Gasteiger partial charge in [-0.05, 0) is 66.5 Å². The van der Waals surface area contributed by atoms with Crippen molar-refractivity contribution in [1.29, 1.82) is 0 Å². The number of benzene rings is 4. The summed E-state index contributed by atoms with van der Waals surface area (Å²) in [5.41, 5.74) is 1.02. The second-order valence-electron chi connectivity index (χ2n) is 20.1. The van der Waals surface area contributed by atoms with E-state index in [0.29, 0.717) is 44.6 Å². The number of non-ortho nitro benzene ring substituents is 2. The average molecular weight is 1190 g/mol. The summed E-state index contributed by atoms with van der Waals surface area (Å²) < 4.78 is 102. The molecule has 2 saturated heterocycles. The van der Waals surface area contributed by atoms with E-state index in [1.54, 1.807) is 51.1 Å². The molecule has 0 radical (unpaired) electrons. The summed E-state index contributed by atoms with van der Waals surface area (Å²) in [6, 6.07) is 25.1. The molecule has 25 nitrogen and oxygen atoms in total. The summed E-state index contributed by atoms with van der Waals surface area (Å²) >= 11 is 0. The molecule has 1 unspecified atom stereocenters. The Balaban J connectivity index is 0.000000302. The first-order valence-electron chi connectivity index (χ1n) is 26.4. The zero-order chi connectivity index (χ0) is 59.3. The van der Waals surface area contributed by atoms with E-state index in [1.165, 1.54) is 12.1 Å². The molecule has 2 aliphatic heterocycles. The quantitative estimate of drug-likeness (QED) is 0.0302. The molecule has 2 fully saturated rings. The zero-order valence-electron chi connectivity index (χ0n) is 45.8. The van der Waals surface area contributed by atoms with Crippen LogP contribution < -0.4 is 15.5 Å². The summed E-state index contributed by atoms with van der Waals surface area (Å²) in [5.74, 6) is -0.292. The third-order valence-corrected chi connectivity index (χ3v) is 17.2. The van der Waals surface area contributed by atoms with Crippen LogP contribution in [0.3, 0.4) is 0 Å². The van der Waals surface area contributed by atoms with Crippen molar-refractivity contribution in [2.24, 2.45) is 11.8 Å². The summed E-state index contributed by atoms with van der Waals surface area (Å²) in [7, 11) is -13.4. The Bertz CT molecular complexity index is 2900. The van der Waals surface area contributed by atoms with Gasteiger partial charge in [0.1, 0.15) is 18.3 Å². The Kier molecular flexibility index (Phi) is 25.6. The highest BCUT2D eigenvalue weighted by Gasteiger charge is 2.37. The summed E-state index contributed by atoms with van der Waals surface area (Å²) in [6.07, 6.45) is -3.44. The van der Waals surface area contributed by atoms with E-state index < -0.39 is 86.8 Å². The van der Waals surface area contributed by atoms with Gasteiger partial charge in [0.25, 0.3) is 19.2 Å². The van der Waals surface area contributed by atoms with Crippen LogP contribution in [-0.4, -0.2) is 148 Å². The van der Waals surface area contributed by atoms with Crippen molar-refractivity contribution in [2.45, 2.75) is 113 Å². The average Bonchev–Trinajstić information content (AvgIpc) is 4.17. The number of phosphoric acid groups is 1. The van der Waals surface area contributed by atoms with Crippen LogP contribution in [-0.2, 0) is 65.4 Å². The number of aliphatic hydroxyl groups excluding tert-OH is 1. The normalized spacial score (nSPS) is 17.8. The third kappa shape index (κ3) is 21.4. The molecule has 6 rings (SSSR count). The lowest BCUT2D eigenvalue weighted by molar-refractivity contribution is -0.385. The molecule has 4 aromatic carbocycles. The first-order chi connectivity index (χ1) is 38.4. The van der Waals surface area contributed by atoms with Gasteiger partial charge < -0.3 is 48.6 Å². The number of sulfonamides is 2. The molecule has 2 amide bonds. The fraction of sp³-hybridized carbons (Fsp3) is 0.509. The van der Waals surface area contributed by atoms with Gasteiger partial charge in [-0.3, -0.25) is 24.8 Å². The summed E-state index contributed by atoms with van der Waals surface area (Å²) in [5, 5.41) is 38.7. The topological polar surface area (TPSA) is 335 Å². The lowest BCUT2D eigenvalue weighted by Crippen LogP contribution is -2.52. The Morgan fingerprint density at radius 1 is 0.667 bits per heavy atom. The Hall–Kier alpha value is -5.97. The van der Waals surface area contributed by atoms with Crippen molar-refractivity contribution in [3.05, 3.63) is 141 Å². The zero-order valence-corrected chi connectivity index (χ0v) is 48.3. The standard InChI is InChI=1S/C28H40N3O11PS.C25H33N3O8S/c1-4-15-40-43(35,36)42-27(19-30(18-21(2)3)44(37,38)25-12-10-23(11-13-25)31(33)34)26(17-22-8-6-5-7-9-22)29-28(32)41-24-14-16-39-20-24;1-18(2)15-27(37(33,34)22-10-8-20(9-11-22)28(31)32)16-24(29)23(14-19-6-4-3-5-7-19)26-25(30)36-21-12-13-35-17-21/h5-13,21,24,26-27H,4,14-20H2,1-3H3,(H,29,32)(H,35,36);3-11,18,21,23-24,29H,12-17H2,1-2H3,(H,26,30)/p-1/t24-,26-,27+;21-,23-,24+/m00/s1. The van der Waals surface area contributed by atoms with Crippen LogP contribution in [0.1, 0.15) is 65.0 Å². The number of aliphatic hydroxyl groups is 1. The lowest BCUT2D eigenvalue weighted by Gasteiger charge is -2.36. The van der Waals surface area contributed by atoms with E-state index in [2.05, 4.69) is 10.6 Å². The van der Waals surface area contributed by atoms with Gasteiger partial charge in [0.2, 0.25) is 20.0 Å². The van der Waals surface area contributed by atoms with Crippen LogP contribution in [0.15, 0.2) is 119 Å². The van der Waals surface area contributed by atoms with Gasteiger partial charge in [0, 0.05) is 63.3 Å². The number of hydrogen-bond donors (Lipinski definition) is 3. The van der Waals surface area contributed by atoms with Crippen molar-refractivity contribution in [3.8, 4) is 0 Å². The highest BCUT2D eigenvalue weighted by atomic mass is 32.2. The van der Waals surface area contributed by atoms with Gasteiger partial charge >= 0.3 is 12.2 Å². The molecule has 2 heterocycles. The van der Waals surface area contributed by atoms with Gasteiger partial charge in [-0.15, -0.1) is 0 Å². The Morgan fingerprint density at radius 2 is 1.07 bits per heavy atom. The van der Waals surface area contributed by atoms with Crippen LogP contribution in [0.2, 0.25) is 0 Å². The maximum Gasteiger partial charge on any atom is 0.407 e. The molecule has 7 atom stereocenters. The fourth-order valence-corrected chi connectivity index (χ4v) is 12.7. The van der Waals surface area contributed by atoms with Crippen molar-refractivity contribution in [2.75, 3.05) is 59.2 Å². The molecule has 4 aromatic rings. The molecule has 0 bridgehead atoms. The van der Waals surface area contributed by atoms with Gasteiger partial charge in [-0.2, -0.15) is 8.61 Å². The minimum Gasteiger partial charge on any atom is -0.756 e. The molecule has 0 saturated carbocycles. The second-order valence-corrected chi connectivity index (χ2v) is 25.3. The number of phosphoric ester groups is 1. The second kappa shape index (κ2) is 31.5. The van der Waals surface area contributed by atoms with Crippen molar-refractivity contribution < 1.29 is 78.8 Å². The molecular weight excluding hydrogens is 1120 g/mol. The predicted octanol–water partition coefficient (Wildman–Crippen LogP) is 6.38. The number of hydrogen-bond acceptors (Lipinski definition) is 19. The molecule has 0 aromatic heterocycles. The highest BCUT2D eigenvalue weighted by molar-refractivity contribution is 7.89. The first kappa shape index (κ1) is 65.8. The molecule has 0 spiro atoms. The third-order valence-electron chi connectivity index (χ3n) is 12.4. The number of carbonyl (C=O) groups is 2. The van der Waals surface area contributed by atoms with Crippen molar-refractivity contribution in [1.82, 2.24) is 19.2 Å². The maximum absolute atomic E-state index is 13.9. The number of rotatable bonds is 29. The highest BCUT2D eigenvalue weighted by Crippen LogP contribution is 2.41. The number of nitrogens with one attached hydrogen (secondary N) is 2. The molecule has 2 aliphatic rings. The number of nitro groups is 2. The minimum absolute atomic E-state index is 0.0555. The van der Waals surface area contributed by atoms with Crippen molar-refractivity contribution in [3.63, 3.8) is 0 Å². The largest absolute Gasteiger partial charge is 0.756 e. The van der Waals surface area contributed by atoms with Crippen LogP contribution in [0.25, 0.3) is 0 Å². The van der Waals surface area contributed by atoms with Gasteiger partial charge in [-0.1, -0.05) is 95.3 Å². The number of ether oxygens (including phenoxy) is 4. The first-order valence-corrected chi connectivity index (χ1v) is 30.7. The van der Waals surface area contributed by atoms with Crippen LogP contribution in [0, 0.1) is 32.1 Å². The smallest absolute Gasteiger partial charge is 0.407 e. The van der Waals surface area contributed by atoms with E-state index in [-0.39, 0.29) is 84.8 Å². The van der Waals surface area contributed by atoms with E-state index in [1.807, 2.05) is 44.2 Å².